The Hall–Kier alpha value is -0.0900. The molecule has 0 fully saturated rings. The number of Topliss-reactive ketones (excluding diaryl/α,β-unsaturated/α-hetero) is 1. The van der Waals surface area contributed by atoms with Crippen LogP contribution in [0.1, 0.15) is 123 Å². The van der Waals surface area contributed by atoms with Gasteiger partial charge in [-0.25, -0.2) is 0 Å². The second-order valence-electron chi connectivity index (χ2n) is 9.29. The maximum atomic E-state index is 12.9. The standard InChI is InChI=1S/C26H50ClNO2.ClH/c1-5-6-7-8-9-10-11-12-13-14-15-16-17-18-19-20-25(30)26(21-22-27,28(3)4)23-24(2)29;/h21-22,24,29H,5-20,23H2,1-4H3;1H. The zero-order chi connectivity index (χ0) is 22.7. The fraction of sp³-hybridized carbons (Fsp3) is 0.885. The summed E-state index contributed by atoms with van der Waals surface area (Å²) in [6.45, 7) is 4.00. The first kappa shape index (κ1) is 33.1. The minimum Gasteiger partial charge on any atom is -0.393 e. The number of nitrogens with zero attached hydrogens (tertiary/aromatic N) is 1. The number of carbonyl (C=O) groups excluding carboxylic acids is 1. The number of unbranched alkanes of at least 4 members (excludes halogenated alkanes) is 14. The molecule has 0 aliphatic rings. The van der Waals surface area contributed by atoms with E-state index in [0.29, 0.717) is 12.8 Å². The maximum absolute atomic E-state index is 12.9. The summed E-state index contributed by atoms with van der Waals surface area (Å²) in [5, 5.41) is 9.86. The van der Waals surface area contributed by atoms with Crippen LogP contribution in [0.3, 0.4) is 0 Å². The summed E-state index contributed by atoms with van der Waals surface area (Å²) < 4.78 is 0. The Morgan fingerprint density at radius 3 is 1.58 bits per heavy atom. The molecule has 186 valence electrons. The predicted octanol–water partition coefficient (Wildman–Crippen LogP) is 8.06. The third-order valence-electron chi connectivity index (χ3n) is 6.23. The van der Waals surface area contributed by atoms with E-state index in [4.69, 9.17) is 11.6 Å². The van der Waals surface area contributed by atoms with Crippen molar-refractivity contribution >= 4 is 29.8 Å². The summed E-state index contributed by atoms with van der Waals surface area (Å²) in [4.78, 5) is 14.8. The molecule has 2 unspecified atom stereocenters. The van der Waals surface area contributed by atoms with Crippen molar-refractivity contribution in [1.29, 1.82) is 0 Å². The van der Waals surface area contributed by atoms with E-state index in [1.165, 1.54) is 89.0 Å². The molecule has 2 atom stereocenters. The topological polar surface area (TPSA) is 40.5 Å². The van der Waals surface area contributed by atoms with Crippen LogP contribution in [0, 0.1) is 0 Å². The summed E-state index contributed by atoms with van der Waals surface area (Å²) in [5.74, 6) is 0.153. The largest absolute Gasteiger partial charge is 0.393 e. The lowest BCUT2D eigenvalue weighted by Crippen LogP contribution is -2.51. The molecule has 0 aromatic heterocycles. The summed E-state index contributed by atoms with van der Waals surface area (Å²) in [7, 11) is 3.76. The molecule has 1 N–H and O–H groups in total. The highest BCUT2D eigenvalue weighted by Gasteiger charge is 2.38. The minimum absolute atomic E-state index is 0. The molecule has 0 heterocycles. The Morgan fingerprint density at radius 2 is 1.26 bits per heavy atom. The monoisotopic (exact) mass is 479 g/mol. The molecule has 0 rings (SSSR count). The van der Waals surface area contributed by atoms with Crippen molar-refractivity contribution < 1.29 is 9.90 Å². The van der Waals surface area contributed by atoms with Gasteiger partial charge in [-0.1, -0.05) is 108 Å². The molecule has 31 heavy (non-hydrogen) atoms. The van der Waals surface area contributed by atoms with Crippen molar-refractivity contribution in [3.05, 3.63) is 11.6 Å². The van der Waals surface area contributed by atoms with Gasteiger partial charge in [-0.15, -0.1) is 12.4 Å². The van der Waals surface area contributed by atoms with Crippen molar-refractivity contribution in [3.8, 4) is 0 Å². The fourth-order valence-corrected chi connectivity index (χ4v) is 4.49. The Kier molecular flexibility index (Phi) is 23.2. The second-order valence-corrected chi connectivity index (χ2v) is 9.54. The van der Waals surface area contributed by atoms with E-state index >= 15 is 0 Å². The number of likely N-dealkylation sites (N-methyl/N-ethyl adjacent to an activating group) is 1. The van der Waals surface area contributed by atoms with Crippen LogP contribution in [0.25, 0.3) is 0 Å². The van der Waals surface area contributed by atoms with Crippen LogP contribution in [0.4, 0.5) is 0 Å². The van der Waals surface area contributed by atoms with Crippen LogP contribution in [0.15, 0.2) is 11.6 Å². The molecule has 0 radical (unpaired) electrons. The summed E-state index contributed by atoms with van der Waals surface area (Å²) in [6.07, 6.45) is 21.9. The molecule has 0 bridgehead atoms. The lowest BCUT2D eigenvalue weighted by atomic mass is 9.84. The van der Waals surface area contributed by atoms with Gasteiger partial charge in [0, 0.05) is 18.4 Å². The molecule has 3 nitrogen and oxygen atoms in total. The first-order chi connectivity index (χ1) is 14.4. The molecule has 0 spiro atoms. The van der Waals surface area contributed by atoms with E-state index in [1.807, 2.05) is 19.0 Å². The number of aliphatic hydroxyl groups is 1. The Balaban J connectivity index is 0. The quantitative estimate of drug-likeness (QED) is 0.169. The molecule has 0 saturated heterocycles. The normalized spacial score (nSPS) is 14.5. The number of carbonyl (C=O) groups is 1. The zero-order valence-corrected chi connectivity index (χ0v) is 22.4. The SMILES string of the molecule is CCCCCCCCCCCCCCCCCC(=O)C(C=CCl)(CC(C)O)N(C)C.Cl. The van der Waals surface area contributed by atoms with Gasteiger partial charge in [0.2, 0.25) is 0 Å². The lowest BCUT2D eigenvalue weighted by Gasteiger charge is -2.37. The Morgan fingerprint density at radius 1 is 0.871 bits per heavy atom. The number of rotatable bonds is 21. The highest BCUT2D eigenvalue weighted by Crippen LogP contribution is 2.26. The summed E-state index contributed by atoms with van der Waals surface area (Å²) in [5.41, 5.74) is 0.610. The number of ketones is 1. The van der Waals surface area contributed by atoms with Crippen LogP contribution in [-0.2, 0) is 4.79 Å². The van der Waals surface area contributed by atoms with Gasteiger partial charge in [0.1, 0.15) is 5.54 Å². The van der Waals surface area contributed by atoms with E-state index < -0.39 is 11.6 Å². The van der Waals surface area contributed by atoms with E-state index in [-0.39, 0.29) is 18.2 Å². The van der Waals surface area contributed by atoms with E-state index in [2.05, 4.69) is 6.92 Å². The van der Waals surface area contributed by atoms with Crippen LogP contribution in [0.5, 0.6) is 0 Å². The Labute approximate surface area is 204 Å². The van der Waals surface area contributed by atoms with Crippen molar-refractivity contribution in [2.45, 2.75) is 135 Å². The van der Waals surface area contributed by atoms with Gasteiger partial charge in [-0.05, 0) is 33.5 Å². The maximum Gasteiger partial charge on any atom is 0.157 e. The zero-order valence-electron chi connectivity index (χ0n) is 20.8. The molecule has 5 heteroatoms. The smallest absolute Gasteiger partial charge is 0.157 e. The first-order valence-electron chi connectivity index (χ1n) is 12.6. The molecule has 0 aromatic rings. The number of hydrogen-bond donors (Lipinski definition) is 1. The summed E-state index contributed by atoms with van der Waals surface area (Å²) >= 11 is 5.81. The van der Waals surface area contributed by atoms with Crippen LogP contribution >= 0.6 is 24.0 Å². The third-order valence-corrected chi connectivity index (χ3v) is 6.36. The number of hydrogen-bond acceptors (Lipinski definition) is 3. The second kappa shape index (κ2) is 21.7. The van der Waals surface area contributed by atoms with Gasteiger partial charge in [-0.2, -0.15) is 0 Å². The van der Waals surface area contributed by atoms with Gasteiger partial charge in [0.05, 0.1) is 6.10 Å². The van der Waals surface area contributed by atoms with Gasteiger partial charge in [0.15, 0.2) is 5.78 Å². The fourth-order valence-electron chi connectivity index (χ4n) is 4.28. The molecule has 0 amide bonds. The van der Waals surface area contributed by atoms with Gasteiger partial charge >= 0.3 is 0 Å². The van der Waals surface area contributed by atoms with E-state index in [1.54, 1.807) is 13.0 Å². The van der Waals surface area contributed by atoms with Crippen molar-refractivity contribution in [2.24, 2.45) is 0 Å². The van der Waals surface area contributed by atoms with Gasteiger partial charge in [0.25, 0.3) is 0 Å². The van der Waals surface area contributed by atoms with Gasteiger partial charge in [-0.3, -0.25) is 9.69 Å². The molecule has 0 aromatic carbocycles. The van der Waals surface area contributed by atoms with Crippen molar-refractivity contribution in [1.82, 2.24) is 4.90 Å². The summed E-state index contributed by atoms with van der Waals surface area (Å²) in [6, 6.07) is 0. The predicted molar refractivity (Wildman–Crippen MR) is 140 cm³/mol. The highest BCUT2D eigenvalue weighted by molar-refractivity contribution is 6.25. The minimum atomic E-state index is -0.800. The highest BCUT2D eigenvalue weighted by atomic mass is 35.5. The Bertz CT molecular complexity index is 441. The molecular formula is C26H51Cl2NO2. The van der Waals surface area contributed by atoms with Crippen LogP contribution in [-0.4, -0.2) is 41.5 Å². The first-order valence-corrected chi connectivity index (χ1v) is 13.0. The molecular weight excluding hydrogens is 429 g/mol. The average Bonchev–Trinajstić information content (AvgIpc) is 2.69. The van der Waals surface area contributed by atoms with E-state index in [9.17, 15) is 9.90 Å². The average molecular weight is 481 g/mol. The van der Waals surface area contributed by atoms with Crippen LogP contribution in [0.2, 0.25) is 0 Å². The number of aliphatic hydroxyl groups excluding tert-OH is 1. The number of halogens is 2. The van der Waals surface area contributed by atoms with Crippen LogP contribution < -0.4 is 0 Å². The third kappa shape index (κ3) is 16.2. The lowest BCUT2D eigenvalue weighted by molar-refractivity contribution is -0.128. The molecule has 0 saturated carbocycles. The molecule has 0 aliphatic heterocycles. The van der Waals surface area contributed by atoms with E-state index in [0.717, 1.165) is 12.8 Å². The van der Waals surface area contributed by atoms with Crippen molar-refractivity contribution in [2.75, 3.05) is 14.1 Å². The molecule has 0 aliphatic carbocycles. The van der Waals surface area contributed by atoms with Crippen molar-refractivity contribution in [3.63, 3.8) is 0 Å². The van der Waals surface area contributed by atoms with Gasteiger partial charge < -0.3 is 5.11 Å².